The number of hydrogen-bond acceptors (Lipinski definition) is 0. The molecular formula is C86H38. The summed E-state index contributed by atoms with van der Waals surface area (Å²) in [6.45, 7) is 4.59. The number of hydrogen-bond donors (Lipinski definition) is 0. The lowest BCUT2D eigenvalue weighted by Crippen LogP contribution is -2.01. The Balaban J connectivity index is 0.908. The molecule has 382 valence electrons. The monoisotopic (exact) mass is 1070 g/mol. The van der Waals surface area contributed by atoms with Crippen LogP contribution in [0.4, 0.5) is 0 Å². The summed E-state index contributed by atoms with van der Waals surface area (Å²) in [4.78, 5) is 0. The second-order valence-electron chi connectivity index (χ2n) is 26.7. The number of rotatable bonds is 1. The van der Waals surface area contributed by atoms with E-state index in [0.717, 1.165) is 0 Å². The van der Waals surface area contributed by atoms with Crippen LogP contribution in [-0.4, -0.2) is 0 Å². The second kappa shape index (κ2) is 12.6. The Bertz CT molecular complexity index is 6780. The first-order valence-corrected chi connectivity index (χ1v) is 30.8. The van der Waals surface area contributed by atoms with Gasteiger partial charge in [-0.15, -0.1) is 0 Å². The van der Waals surface area contributed by atoms with E-state index in [1.165, 1.54) is 281 Å². The highest BCUT2D eigenvalue weighted by Crippen LogP contribution is 2.64. The van der Waals surface area contributed by atoms with Gasteiger partial charge in [-0.25, -0.2) is 0 Å². The van der Waals surface area contributed by atoms with Crippen LogP contribution in [0.25, 0.3) is 270 Å². The fourth-order valence-electron chi connectivity index (χ4n) is 20.6. The highest BCUT2D eigenvalue weighted by Gasteiger charge is 2.35. The van der Waals surface area contributed by atoms with E-state index in [1.807, 2.05) is 0 Å². The van der Waals surface area contributed by atoms with Crippen LogP contribution in [0.2, 0.25) is 0 Å². The summed E-state index contributed by atoms with van der Waals surface area (Å²) in [5, 5.41) is 66.8. The fourth-order valence-corrected chi connectivity index (χ4v) is 20.6. The summed E-state index contributed by atoms with van der Waals surface area (Å²) in [5.41, 5.74) is 5.15. The number of benzene rings is 26. The summed E-state index contributed by atoms with van der Waals surface area (Å²) >= 11 is 0. The van der Waals surface area contributed by atoms with Crippen molar-refractivity contribution in [2.75, 3.05) is 0 Å². The van der Waals surface area contributed by atoms with Gasteiger partial charge in [-0.3, -0.25) is 0 Å². The molecule has 0 aliphatic heterocycles. The van der Waals surface area contributed by atoms with Gasteiger partial charge >= 0.3 is 0 Å². The third-order valence-electron chi connectivity index (χ3n) is 23.2. The Kier molecular flexibility index (Phi) is 6.04. The molecule has 0 atom stereocenters. The molecule has 0 amide bonds. The molecule has 0 aromatic heterocycles. The molecule has 26 aromatic rings. The van der Waals surface area contributed by atoms with Crippen molar-refractivity contribution in [2.24, 2.45) is 0 Å². The highest BCUT2D eigenvalue weighted by molar-refractivity contribution is 6.64. The average Bonchev–Trinajstić information content (AvgIpc) is 0.669. The van der Waals surface area contributed by atoms with E-state index in [9.17, 15) is 0 Å². The Morgan fingerprint density at radius 1 is 0.128 bits per heavy atom. The van der Waals surface area contributed by atoms with Gasteiger partial charge in [0.25, 0.3) is 0 Å². The highest BCUT2D eigenvalue weighted by atomic mass is 14.4. The molecule has 26 rings (SSSR count). The maximum Gasteiger partial charge on any atom is -0.0000469 e. The van der Waals surface area contributed by atoms with Crippen molar-refractivity contribution in [1.82, 2.24) is 0 Å². The molecule has 0 heteroatoms. The van der Waals surface area contributed by atoms with Gasteiger partial charge in [-0.05, 0) is 319 Å². The summed E-state index contributed by atoms with van der Waals surface area (Å²) in [5.74, 6) is 0. The van der Waals surface area contributed by atoms with E-state index in [0.29, 0.717) is 0 Å². The van der Waals surface area contributed by atoms with Gasteiger partial charge in [0.2, 0.25) is 0 Å². The number of aryl methyl sites for hydroxylation is 2. The molecule has 86 heavy (non-hydrogen) atoms. The minimum absolute atomic E-state index is 1.27. The van der Waals surface area contributed by atoms with Crippen LogP contribution in [0.15, 0.2) is 194 Å². The normalized spacial score (nSPS) is 13.9. The van der Waals surface area contributed by atoms with E-state index in [2.05, 4.69) is 208 Å². The summed E-state index contributed by atoms with van der Waals surface area (Å²) < 4.78 is 0. The van der Waals surface area contributed by atoms with Crippen LogP contribution in [0.3, 0.4) is 0 Å². The first kappa shape index (κ1) is 41.1. The van der Waals surface area contributed by atoms with Crippen LogP contribution in [-0.2, 0) is 0 Å². The fraction of sp³-hybridized carbons (Fsp3) is 0.0233. The smallest absolute Gasteiger partial charge is 0.0000469 e. The van der Waals surface area contributed by atoms with Crippen LogP contribution in [0.1, 0.15) is 11.1 Å². The van der Waals surface area contributed by atoms with E-state index >= 15 is 0 Å². The minimum Gasteiger partial charge on any atom is -0.0610 e. The topological polar surface area (TPSA) is 0 Å². The van der Waals surface area contributed by atoms with Crippen molar-refractivity contribution < 1.29 is 0 Å². The Morgan fingerprint density at radius 2 is 0.244 bits per heavy atom. The average molecular weight is 1070 g/mol. The summed E-state index contributed by atoms with van der Waals surface area (Å²) in [7, 11) is 0. The first-order chi connectivity index (χ1) is 42.6. The predicted molar refractivity (Wildman–Crippen MR) is 376 cm³/mol. The third kappa shape index (κ3) is 3.87. The van der Waals surface area contributed by atoms with Crippen LogP contribution < -0.4 is 0 Å². The molecule has 0 aliphatic rings. The van der Waals surface area contributed by atoms with Crippen LogP contribution >= 0.6 is 0 Å². The van der Waals surface area contributed by atoms with Crippen molar-refractivity contribution in [3.05, 3.63) is 205 Å². The second-order valence-corrected chi connectivity index (χ2v) is 26.7. The van der Waals surface area contributed by atoms with Gasteiger partial charge in [0, 0.05) is 0 Å². The standard InChI is InChI=1S/C86H38/c1-35-27-55-47-19-3-11-39-43-15-7-23-51-59-31-37(32-60-52-24-8-16-44-40-12-4-20-48-56(28-35)71(55)83-75(63(39)47)79(67(43)51)85(73(59)60)80(68(44)52)76(83)64(40)48)38-33-61-53-25-9-17-45-41-13-5-21-49-57-29-36(2)30-58-50-22-6-14-42-46-18-10-26-54-62(34-38)74(61)86-81(69(45)53)77(65(41)49)84(72(57)58)78(66(42)50)82(86)70(46)54/h3-34H,1-2H3. The third-order valence-corrected chi connectivity index (χ3v) is 23.2. The van der Waals surface area contributed by atoms with Crippen molar-refractivity contribution in [3.63, 3.8) is 0 Å². The predicted octanol–water partition coefficient (Wildman–Crippen LogP) is 24.9. The van der Waals surface area contributed by atoms with Gasteiger partial charge in [-0.1, -0.05) is 170 Å². The van der Waals surface area contributed by atoms with Gasteiger partial charge in [-0.2, -0.15) is 0 Å². The number of fused-ring (bicyclic) bond motifs is 12. The SMILES string of the molecule is Cc1cc2c3cccc4c5cccc6c7cc(-c8cc9c%10cccc%11c%12cccc%13c%14cc(C)cc%15c%16cccc%17c%18cccc%19c(c8)c9c8c(c%11%10)c(c%12%13)c(c%14%15)c(c%17%16)c8c%18%19)cc8c9cccc%10c%11cccc%12c(c1)c2c1c(c43)c(c56)c(c78)c(c%109)c1c%11%12. The van der Waals surface area contributed by atoms with Crippen molar-refractivity contribution >= 4 is 259 Å². The Labute approximate surface area is 485 Å². The molecule has 0 radical (unpaired) electrons. The molecule has 0 nitrogen and oxygen atoms in total. The van der Waals surface area contributed by atoms with E-state index in [4.69, 9.17) is 0 Å². The largest absolute Gasteiger partial charge is 0.0610 e. The molecule has 0 bridgehead atoms. The van der Waals surface area contributed by atoms with Gasteiger partial charge < -0.3 is 0 Å². The minimum atomic E-state index is 1.27. The lowest BCUT2D eigenvalue weighted by Gasteiger charge is -2.30. The molecule has 26 aromatic carbocycles. The lowest BCUT2D eigenvalue weighted by atomic mass is 9.72. The summed E-state index contributed by atoms with van der Waals surface area (Å²) in [6, 6.07) is 78.1. The molecule has 0 saturated carbocycles. The quantitative estimate of drug-likeness (QED) is 0.114. The van der Waals surface area contributed by atoms with Gasteiger partial charge in [0.15, 0.2) is 0 Å². The van der Waals surface area contributed by atoms with Crippen LogP contribution in [0.5, 0.6) is 0 Å². The first-order valence-electron chi connectivity index (χ1n) is 30.8. The molecule has 0 fully saturated rings. The Hall–Kier alpha value is -10.9. The molecular weight excluding hydrogens is 1030 g/mol. The van der Waals surface area contributed by atoms with E-state index in [-0.39, 0.29) is 0 Å². The molecule has 0 saturated heterocycles. The zero-order valence-electron chi connectivity index (χ0n) is 46.5. The summed E-state index contributed by atoms with van der Waals surface area (Å²) in [6.07, 6.45) is 0. The zero-order chi connectivity index (χ0) is 54.6. The zero-order valence-corrected chi connectivity index (χ0v) is 46.5. The van der Waals surface area contributed by atoms with Gasteiger partial charge in [0.05, 0.1) is 0 Å². The Morgan fingerprint density at radius 3 is 0.395 bits per heavy atom. The maximum atomic E-state index is 2.63. The van der Waals surface area contributed by atoms with Crippen molar-refractivity contribution in [1.29, 1.82) is 0 Å². The van der Waals surface area contributed by atoms with E-state index in [1.54, 1.807) is 0 Å². The lowest BCUT2D eigenvalue weighted by molar-refractivity contribution is 1.53. The molecule has 0 spiro atoms. The molecule has 0 unspecified atom stereocenters. The van der Waals surface area contributed by atoms with Crippen molar-refractivity contribution in [2.45, 2.75) is 13.8 Å². The van der Waals surface area contributed by atoms with E-state index < -0.39 is 0 Å². The molecule has 0 N–H and O–H groups in total. The van der Waals surface area contributed by atoms with Crippen molar-refractivity contribution in [3.8, 4) is 11.1 Å². The molecule has 0 heterocycles. The molecule has 0 aliphatic carbocycles. The van der Waals surface area contributed by atoms with Crippen LogP contribution in [0, 0.1) is 13.8 Å². The maximum absolute atomic E-state index is 2.63. The van der Waals surface area contributed by atoms with Gasteiger partial charge in [0.1, 0.15) is 0 Å².